The summed E-state index contributed by atoms with van der Waals surface area (Å²) in [5.41, 5.74) is 1.21. The summed E-state index contributed by atoms with van der Waals surface area (Å²) in [7, 11) is 0. The fraction of sp³-hybridized carbons (Fsp3) is 0.296. The predicted molar refractivity (Wildman–Crippen MR) is 139 cm³/mol. The number of carbonyl (C=O) groups is 3. The lowest BCUT2D eigenvalue weighted by atomic mass is 9.95. The minimum atomic E-state index is -1.02. The first-order valence-corrected chi connectivity index (χ1v) is 12.7. The average Bonchev–Trinajstić information content (AvgIpc) is 3.40. The number of nitrogens with zero attached hydrogens (tertiary/aromatic N) is 3. The number of aryl methyl sites for hydroxylation is 1. The number of Topliss-reactive ketones (excluding diaryl/α,β-unsaturated/α-hetero) is 2. The summed E-state index contributed by atoms with van der Waals surface area (Å²) in [5, 5.41) is 11.4. The number of hydrogen-bond donors (Lipinski definition) is 1. The Kier molecular flexibility index (Phi) is 7.68. The van der Waals surface area contributed by atoms with Crippen molar-refractivity contribution >= 4 is 39.7 Å². The van der Waals surface area contributed by atoms with Crippen molar-refractivity contribution in [3.63, 3.8) is 0 Å². The molecule has 0 aliphatic carbocycles. The predicted octanol–water partition coefficient (Wildman–Crippen LogP) is 4.86. The van der Waals surface area contributed by atoms with Crippen molar-refractivity contribution in [1.29, 1.82) is 0 Å². The zero-order valence-electron chi connectivity index (χ0n) is 21.0. The highest BCUT2D eigenvalue weighted by Gasteiger charge is 2.48. The van der Waals surface area contributed by atoms with Crippen molar-refractivity contribution in [3.05, 3.63) is 70.0 Å². The maximum atomic E-state index is 13.4. The van der Waals surface area contributed by atoms with Crippen LogP contribution in [0.4, 0.5) is 5.13 Å². The number of ether oxygens (including phenoxy) is 2. The highest BCUT2D eigenvalue weighted by Crippen LogP contribution is 2.45. The SMILES string of the molecule is CCCOc1ccc(C2C(=C(O)c3ccncc3)C(=O)C(=O)N2c2nc(C)c(C(C)=O)s2)cc1OCC. The highest BCUT2D eigenvalue weighted by atomic mass is 32.1. The number of aliphatic hydroxyl groups is 1. The Bertz CT molecular complexity index is 1380. The molecule has 1 unspecified atom stereocenters. The Morgan fingerprint density at radius 3 is 2.46 bits per heavy atom. The van der Waals surface area contributed by atoms with Gasteiger partial charge in [0, 0.05) is 24.9 Å². The van der Waals surface area contributed by atoms with Crippen LogP contribution in [0.15, 0.2) is 48.3 Å². The molecule has 0 spiro atoms. The molecular weight excluding hydrogens is 494 g/mol. The van der Waals surface area contributed by atoms with Gasteiger partial charge in [-0.1, -0.05) is 24.3 Å². The summed E-state index contributed by atoms with van der Waals surface area (Å²) in [6, 6.07) is 7.23. The lowest BCUT2D eigenvalue weighted by Crippen LogP contribution is -2.29. The molecule has 0 saturated carbocycles. The van der Waals surface area contributed by atoms with Crippen LogP contribution in [-0.2, 0) is 9.59 Å². The molecule has 9 nitrogen and oxygen atoms in total. The molecule has 1 N–H and O–H groups in total. The lowest BCUT2D eigenvalue weighted by molar-refractivity contribution is -0.132. The molecule has 1 aromatic carbocycles. The van der Waals surface area contributed by atoms with Gasteiger partial charge in [-0.05, 0) is 50.1 Å². The van der Waals surface area contributed by atoms with Gasteiger partial charge in [-0.2, -0.15) is 0 Å². The molecule has 1 aliphatic heterocycles. The van der Waals surface area contributed by atoms with Crippen LogP contribution in [0.25, 0.3) is 5.76 Å². The molecule has 10 heteroatoms. The molecule has 1 amide bonds. The maximum absolute atomic E-state index is 13.4. The Hall–Kier alpha value is -4.05. The van der Waals surface area contributed by atoms with Gasteiger partial charge in [0.2, 0.25) is 0 Å². The van der Waals surface area contributed by atoms with Crippen LogP contribution in [-0.4, -0.2) is 45.8 Å². The third-order valence-corrected chi connectivity index (χ3v) is 7.01. The quantitative estimate of drug-likeness (QED) is 0.183. The number of rotatable bonds is 9. The summed E-state index contributed by atoms with van der Waals surface area (Å²) in [4.78, 5) is 48.9. The largest absolute Gasteiger partial charge is 0.507 e. The van der Waals surface area contributed by atoms with E-state index in [0.29, 0.717) is 46.4 Å². The number of aromatic nitrogens is 2. The van der Waals surface area contributed by atoms with Crippen LogP contribution < -0.4 is 14.4 Å². The van der Waals surface area contributed by atoms with Crippen LogP contribution in [0.3, 0.4) is 0 Å². The molecule has 1 fully saturated rings. The van der Waals surface area contributed by atoms with E-state index in [1.165, 1.54) is 24.2 Å². The third-order valence-electron chi connectivity index (χ3n) is 5.75. The Balaban J connectivity index is 1.94. The fourth-order valence-corrected chi connectivity index (χ4v) is 5.11. The first-order chi connectivity index (χ1) is 17.8. The van der Waals surface area contributed by atoms with Crippen molar-refractivity contribution < 1.29 is 29.0 Å². The van der Waals surface area contributed by atoms with Gasteiger partial charge in [0.1, 0.15) is 5.76 Å². The maximum Gasteiger partial charge on any atom is 0.301 e. The molecule has 0 radical (unpaired) electrons. The van der Waals surface area contributed by atoms with E-state index >= 15 is 0 Å². The van der Waals surface area contributed by atoms with E-state index in [1.54, 1.807) is 37.3 Å². The topological polar surface area (TPSA) is 119 Å². The van der Waals surface area contributed by atoms with Crippen molar-refractivity contribution in [2.45, 2.75) is 40.2 Å². The summed E-state index contributed by atoms with van der Waals surface area (Å²) in [6.07, 6.45) is 3.77. The summed E-state index contributed by atoms with van der Waals surface area (Å²) in [6.45, 7) is 7.79. The Morgan fingerprint density at radius 2 is 1.84 bits per heavy atom. The number of benzene rings is 1. The van der Waals surface area contributed by atoms with Crippen LogP contribution in [0.1, 0.15) is 59.7 Å². The van der Waals surface area contributed by atoms with Gasteiger partial charge in [-0.15, -0.1) is 0 Å². The number of anilines is 1. The Labute approximate surface area is 218 Å². The normalized spacial score (nSPS) is 16.8. The molecule has 1 aliphatic rings. The van der Waals surface area contributed by atoms with E-state index in [0.717, 1.165) is 17.8 Å². The highest BCUT2D eigenvalue weighted by molar-refractivity contribution is 7.18. The number of amides is 1. The average molecular weight is 522 g/mol. The first kappa shape index (κ1) is 26.0. The summed E-state index contributed by atoms with van der Waals surface area (Å²) < 4.78 is 11.6. The molecule has 2 aromatic heterocycles. The molecule has 37 heavy (non-hydrogen) atoms. The minimum absolute atomic E-state index is 0.0990. The molecule has 192 valence electrons. The number of carbonyl (C=O) groups excluding carboxylic acids is 3. The molecule has 4 rings (SSSR count). The number of ketones is 2. The summed E-state index contributed by atoms with van der Waals surface area (Å²) in [5.74, 6) is -1.26. The van der Waals surface area contributed by atoms with Crippen LogP contribution >= 0.6 is 11.3 Å². The molecule has 1 atom stereocenters. The molecule has 3 aromatic rings. The molecule has 1 saturated heterocycles. The molecule has 0 bridgehead atoms. The second-order valence-electron chi connectivity index (χ2n) is 8.36. The van der Waals surface area contributed by atoms with E-state index in [9.17, 15) is 19.5 Å². The van der Waals surface area contributed by atoms with Gasteiger partial charge >= 0.3 is 5.91 Å². The van der Waals surface area contributed by atoms with Gasteiger partial charge in [0.05, 0.1) is 35.4 Å². The van der Waals surface area contributed by atoms with Crippen LogP contribution in [0.2, 0.25) is 0 Å². The van der Waals surface area contributed by atoms with E-state index in [4.69, 9.17) is 9.47 Å². The number of thiazole rings is 1. The standard InChI is InChI=1S/C27H27N3O6S/c1-5-13-36-19-8-7-18(14-20(19)35-6-2)22-21(23(32)17-9-11-28-12-10-17)24(33)26(34)30(22)27-29-15(3)25(37-27)16(4)31/h7-12,14,22,32H,5-6,13H2,1-4H3. The van der Waals surface area contributed by atoms with Gasteiger partial charge in [-0.3, -0.25) is 24.3 Å². The fourth-order valence-electron chi connectivity index (χ4n) is 4.12. The van der Waals surface area contributed by atoms with Crippen molar-refractivity contribution in [1.82, 2.24) is 9.97 Å². The third kappa shape index (κ3) is 4.97. The van der Waals surface area contributed by atoms with Gasteiger partial charge in [0.15, 0.2) is 22.4 Å². The van der Waals surface area contributed by atoms with Crippen molar-refractivity contribution in [2.24, 2.45) is 0 Å². The number of pyridine rings is 1. The second kappa shape index (κ2) is 10.9. The number of hydrogen-bond acceptors (Lipinski definition) is 9. The van der Waals surface area contributed by atoms with Gasteiger partial charge < -0.3 is 14.6 Å². The van der Waals surface area contributed by atoms with Crippen molar-refractivity contribution in [3.8, 4) is 11.5 Å². The van der Waals surface area contributed by atoms with E-state index < -0.39 is 17.7 Å². The van der Waals surface area contributed by atoms with E-state index in [1.807, 2.05) is 13.8 Å². The molecule has 3 heterocycles. The van der Waals surface area contributed by atoms with Crippen LogP contribution in [0, 0.1) is 6.92 Å². The van der Waals surface area contributed by atoms with Gasteiger partial charge in [0.25, 0.3) is 5.78 Å². The monoisotopic (exact) mass is 521 g/mol. The smallest absolute Gasteiger partial charge is 0.301 e. The first-order valence-electron chi connectivity index (χ1n) is 11.9. The van der Waals surface area contributed by atoms with E-state index in [2.05, 4.69) is 9.97 Å². The van der Waals surface area contributed by atoms with Crippen LogP contribution in [0.5, 0.6) is 11.5 Å². The van der Waals surface area contributed by atoms with Gasteiger partial charge in [-0.25, -0.2) is 4.98 Å². The number of aliphatic hydroxyl groups excluding tert-OH is 1. The minimum Gasteiger partial charge on any atom is -0.507 e. The molecular formula is C27H27N3O6S. The van der Waals surface area contributed by atoms with Crippen molar-refractivity contribution in [2.75, 3.05) is 18.1 Å². The zero-order chi connectivity index (χ0) is 26.7. The Morgan fingerprint density at radius 1 is 1.11 bits per heavy atom. The second-order valence-corrected chi connectivity index (χ2v) is 9.34. The lowest BCUT2D eigenvalue weighted by Gasteiger charge is -2.24. The van der Waals surface area contributed by atoms with E-state index in [-0.39, 0.29) is 22.2 Å². The zero-order valence-corrected chi connectivity index (χ0v) is 21.8. The summed E-state index contributed by atoms with van der Waals surface area (Å²) >= 11 is 1.03.